The fourth-order valence-electron chi connectivity index (χ4n) is 2.13. The number of nitrogens with two attached hydrogens (primary N) is 1. The van der Waals surface area contributed by atoms with Crippen molar-refractivity contribution in [3.05, 3.63) is 59.4 Å². The molecule has 4 nitrogen and oxygen atoms in total. The molecule has 3 N–H and O–H groups in total. The Morgan fingerprint density at radius 2 is 1.69 bits per heavy atom. The van der Waals surface area contributed by atoms with Gasteiger partial charge in [-0.3, -0.25) is 4.99 Å². The normalized spacial score (nSPS) is 11.2. The zero-order valence-electron chi connectivity index (χ0n) is 14.4. The number of hydrogen-bond donors (Lipinski definition) is 2. The predicted octanol–water partition coefficient (Wildman–Crippen LogP) is 4.48. The van der Waals surface area contributed by atoms with E-state index in [1.165, 1.54) is 0 Å². The summed E-state index contributed by atoms with van der Waals surface area (Å²) in [5.74, 6) is -2.99. The summed E-state index contributed by atoms with van der Waals surface area (Å²) in [6, 6.07) is 9.10. The van der Waals surface area contributed by atoms with E-state index in [9.17, 15) is 13.2 Å². The molecule has 0 spiro atoms. The molecule has 0 saturated carbocycles. The molecule has 2 rings (SSSR count). The van der Waals surface area contributed by atoms with Crippen molar-refractivity contribution in [2.75, 3.05) is 11.9 Å². The number of hydrogen-bond acceptors (Lipinski definition) is 2. The largest absolute Gasteiger partial charge is 0.491 e. The number of rotatable bonds is 6. The number of nitrogens with zero attached hydrogens (tertiary/aromatic N) is 1. The molecule has 0 atom stereocenters. The third kappa shape index (κ3) is 6.74. The summed E-state index contributed by atoms with van der Waals surface area (Å²) in [7, 11) is 0. The monoisotopic (exact) mass is 479 g/mol. The Bertz CT molecular complexity index is 729. The average Bonchev–Trinajstić information content (AvgIpc) is 2.54. The van der Waals surface area contributed by atoms with E-state index in [1.807, 2.05) is 13.8 Å². The van der Waals surface area contributed by atoms with Gasteiger partial charge in [-0.25, -0.2) is 13.2 Å². The first-order valence-corrected chi connectivity index (χ1v) is 7.82. The van der Waals surface area contributed by atoms with E-state index in [4.69, 9.17) is 10.5 Å². The molecule has 0 aliphatic heterocycles. The summed E-state index contributed by atoms with van der Waals surface area (Å²) < 4.78 is 44.7. The summed E-state index contributed by atoms with van der Waals surface area (Å²) in [6.45, 7) is 4.09. The third-order valence-electron chi connectivity index (χ3n) is 3.22. The zero-order chi connectivity index (χ0) is 18.4. The van der Waals surface area contributed by atoms with Crippen LogP contribution in [0.2, 0.25) is 0 Å². The van der Waals surface area contributed by atoms with E-state index in [-0.39, 0.29) is 49.0 Å². The zero-order valence-corrected chi connectivity index (χ0v) is 16.8. The Kier molecular flexibility index (Phi) is 8.70. The van der Waals surface area contributed by atoms with Gasteiger partial charge in [0.05, 0.1) is 6.10 Å². The molecule has 0 heterocycles. The van der Waals surface area contributed by atoms with Gasteiger partial charge in [-0.15, -0.1) is 24.0 Å². The smallest absolute Gasteiger partial charge is 0.194 e. The molecule has 8 heteroatoms. The lowest BCUT2D eigenvalue weighted by molar-refractivity contribution is 0.242. The van der Waals surface area contributed by atoms with E-state index in [2.05, 4.69) is 10.3 Å². The number of guanidine groups is 1. The molecule has 0 radical (unpaired) electrons. The summed E-state index contributed by atoms with van der Waals surface area (Å²) in [5.41, 5.74) is 6.81. The summed E-state index contributed by atoms with van der Waals surface area (Å²) in [5, 5.41) is 2.90. The van der Waals surface area contributed by atoms with Crippen molar-refractivity contribution in [3.63, 3.8) is 0 Å². The molecule has 2 aromatic carbocycles. The highest BCUT2D eigenvalue weighted by Gasteiger charge is 2.10. The minimum Gasteiger partial charge on any atom is -0.491 e. The van der Waals surface area contributed by atoms with Gasteiger partial charge in [0.2, 0.25) is 0 Å². The first kappa shape index (κ1) is 22.1. The van der Waals surface area contributed by atoms with Crippen molar-refractivity contribution in [2.45, 2.75) is 26.4 Å². The Morgan fingerprint density at radius 3 is 2.23 bits per heavy atom. The van der Waals surface area contributed by atoms with Gasteiger partial charge in [-0.05, 0) is 62.2 Å². The highest BCUT2D eigenvalue weighted by Crippen LogP contribution is 2.17. The molecule has 0 aliphatic rings. The summed E-state index contributed by atoms with van der Waals surface area (Å²) >= 11 is 0. The first-order chi connectivity index (χ1) is 11.8. The van der Waals surface area contributed by atoms with E-state index >= 15 is 0 Å². The van der Waals surface area contributed by atoms with Crippen molar-refractivity contribution < 1.29 is 17.9 Å². The van der Waals surface area contributed by atoms with Crippen LogP contribution in [-0.4, -0.2) is 18.6 Å². The second-order valence-corrected chi connectivity index (χ2v) is 5.71. The minimum atomic E-state index is -1.47. The SMILES string of the molecule is CC(C)Oc1ccc(NC(N)=NCCc2cc(F)c(F)c(F)c2)cc1.I. The van der Waals surface area contributed by atoms with Crippen LogP contribution in [0.4, 0.5) is 18.9 Å². The second-order valence-electron chi connectivity index (χ2n) is 5.71. The number of halogens is 4. The highest BCUT2D eigenvalue weighted by molar-refractivity contribution is 14.0. The lowest BCUT2D eigenvalue weighted by Crippen LogP contribution is -2.23. The molecule has 26 heavy (non-hydrogen) atoms. The molecule has 0 fully saturated rings. The van der Waals surface area contributed by atoms with Crippen molar-refractivity contribution in [3.8, 4) is 5.75 Å². The molecule has 0 aromatic heterocycles. The highest BCUT2D eigenvalue weighted by atomic mass is 127. The van der Waals surface area contributed by atoms with Crippen LogP contribution in [0.3, 0.4) is 0 Å². The minimum absolute atomic E-state index is 0. The molecular weight excluding hydrogens is 458 g/mol. The van der Waals surface area contributed by atoms with E-state index < -0.39 is 17.5 Å². The van der Waals surface area contributed by atoms with Crippen LogP contribution in [0.25, 0.3) is 0 Å². The second kappa shape index (κ2) is 10.2. The van der Waals surface area contributed by atoms with Gasteiger partial charge in [-0.2, -0.15) is 0 Å². The topological polar surface area (TPSA) is 59.6 Å². The van der Waals surface area contributed by atoms with Crippen LogP contribution in [0.15, 0.2) is 41.4 Å². The Balaban J connectivity index is 0.00000338. The van der Waals surface area contributed by atoms with E-state index in [0.717, 1.165) is 23.6 Å². The molecule has 2 aromatic rings. The van der Waals surface area contributed by atoms with Crippen molar-refractivity contribution in [1.29, 1.82) is 0 Å². The lowest BCUT2D eigenvalue weighted by atomic mass is 10.1. The molecule has 142 valence electrons. The van der Waals surface area contributed by atoms with Gasteiger partial charge >= 0.3 is 0 Å². The lowest BCUT2D eigenvalue weighted by Gasteiger charge is -2.11. The van der Waals surface area contributed by atoms with Gasteiger partial charge in [0, 0.05) is 12.2 Å². The maximum atomic E-state index is 13.1. The maximum Gasteiger partial charge on any atom is 0.194 e. The molecule has 0 bridgehead atoms. The number of anilines is 1. The van der Waals surface area contributed by atoms with Crippen molar-refractivity contribution in [1.82, 2.24) is 0 Å². The van der Waals surface area contributed by atoms with Gasteiger partial charge in [0.25, 0.3) is 0 Å². The predicted molar refractivity (Wildman–Crippen MR) is 108 cm³/mol. The Hall–Kier alpha value is -1.97. The van der Waals surface area contributed by atoms with E-state index in [0.29, 0.717) is 5.56 Å². The third-order valence-corrected chi connectivity index (χ3v) is 3.22. The van der Waals surface area contributed by atoms with Crippen LogP contribution in [0.1, 0.15) is 19.4 Å². The average molecular weight is 479 g/mol. The van der Waals surface area contributed by atoms with Gasteiger partial charge in [0.1, 0.15) is 5.75 Å². The quantitative estimate of drug-likeness (QED) is 0.278. The van der Waals surface area contributed by atoms with Gasteiger partial charge in [-0.1, -0.05) is 0 Å². The van der Waals surface area contributed by atoms with Crippen molar-refractivity contribution in [2.24, 2.45) is 10.7 Å². The molecular formula is C18H21F3IN3O. The maximum absolute atomic E-state index is 13.1. The van der Waals surface area contributed by atoms with Gasteiger partial charge in [0.15, 0.2) is 23.4 Å². The van der Waals surface area contributed by atoms with Gasteiger partial charge < -0.3 is 15.8 Å². The van der Waals surface area contributed by atoms with Crippen molar-refractivity contribution >= 4 is 35.6 Å². The summed E-state index contributed by atoms with van der Waals surface area (Å²) in [6.07, 6.45) is 0.323. The Labute approximate surface area is 167 Å². The van der Waals surface area contributed by atoms with E-state index in [1.54, 1.807) is 24.3 Å². The fourth-order valence-corrected chi connectivity index (χ4v) is 2.13. The van der Waals surface area contributed by atoms with Crippen LogP contribution in [-0.2, 0) is 6.42 Å². The first-order valence-electron chi connectivity index (χ1n) is 7.82. The Morgan fingerprint density at radius 1 is 1.12 bits per heavy atom. The van der Waals surface area contributed by atoms with Crippen LogP contribution in [0, 0.1) is 17.5 Å². The summed E-state index contributed by atoms with van der Waals surface area (Å²) in [4.78, 5) is 4.08. The standard InChI is InChI=1S/C18H20F3N3O.HI/c1-11(2)25-14-5-3-13(4-6-14)24-18(22)23-8-7-12-9-15(19)17(21)16(20)10-12;/h3-6,9-11H,7-8H2,1-2H3,(H3,22,23,24);1H. The fraction of sp³-hybridized carbons (Fsp3) is 0.278. The molecule has 0 aliphatic carbocycles. The van der Waals surface area contributed by atoms with Crippen LogP contribution in [0.5, 0.6) is 5.75 Å². The van der Waals surface area contributed by atoms with Crippen LogP contribution >= 0.6 is 24.0 Å². The number of aliphatic imine (C=N–C) groups is 1. The molecule has 0 unspecified atom stereocenters. The molecule has 0 amide bonds. The number of ether oxygens (including phenoxy) is 1. The molecule has 0 saturated heterocycles. The van der Waals surface area contributed by atoms with Crippen LogP contribution < -0.4 is 15.8 Å². The number of benzene rings is 2. The number of nitrogens with one attached hydrogen (secondary N) is 1.